The van der Waals surface area contributed by atoms with Gasteiger partial charge in [0.2, 0.25) is 5.91 Å². The third-order valence-electron chi connectivity index (χ3n) is 5.62. The average molecular weight is 471 g/mol. The molecule has 8 heteroatoms. The van der Waals surface area contributed by atoms with Gasteiger partial charge in [-0.05, 0) is 54.5 Å². The van der Waals surface area contributed by atoms with Crippen molar-refractivity contribution < 1.29 is 24.2 Å². The van der Waals surface area contributed by atoms with Crippen LogP contribution in [0.5, 0.6) is 0 Å². The molecule has 0 heterocycles. The van der Waals surface area contributed by atoms with E-state index in [1.165, 1.54) is 0 Å². The van der Waals surface area contributed by atoms with Crippen LogP contribution in [0.3, 0.4) is 0 Å². The minimum absolute atomic E-state index is 0.0730. The van der Waals surface area contributed by atoms with E-state index in [1.807, 2.05) is 42.7 Å². The standard InChI is InChI=1S/C25H30N2O5S/c1-25(2,14-22(28)29)27-23(30)21(12-13-33-3)26-24(31)32-15-20-18-10-6-4-8-16(18)17-9-5-7-11-19(17)20/h4-11,20-21H,12-15H2,1-3H3,(H,26,31)(H,27,30)(H,28,29)/t21-/m1/s1. The smallest absolute Gasteiger partial charge is 0.407 e. The molecule has 0 unspecified atom stereocenters. The summed E-state index contributed by atoms with van der Waals surface area (Å²) in [4.78, 5) is 36.5. The highest BCUT2D eigenvalue weighted by molar-refractivity contribution is 7.98. The van der Waals surface area contributed by atoms with Gasteiger partial charge >= 0.3 is 12.1 Å². The normalized spacial score (nSPS) is 13.5. The highest BCUT2D eigenvalue weighted by atomic mass is 32.2. The van der Waals surface area contributed by atoms with Gasteiger partial charge in [0, 0.05) is 11.5 Å². The first-order valence-electron chi connectivity index (χ1n) is 10.9. The van der Waals surface area contributed by atoms with E-state index >= 15 is 0 Å². The minimum atomic E-state index is -1.01. The van der Waals surface area contributed by atoms with Crippen molar-refractivity contribution in [1.82, 2.24) is 10.6 Å². The predicted octanol–water partition coefficient (Wildman–Crippen LogP) is 4.02. The van der Waals surface area contributed by atoms with Gasteiger partial charge in [0.1, 0.15) is 12.6 Å². The van der Waals surface area contributed by atoms with Crippen molar-refractivity contribution in [3.63, 3.8) is 0 Å². The molecule has 0 aromatic heterocycles. The second kappa shape index (κ2) is 10.7. The Hall–Kier alpha value is -3.00. The van der Waals surface area contributed by atoms with Gasteiger partial charge in [0.05, 0.1) is 6.42 Å². The molecule has 0 aliphatic heterocycles. The van der Waals surface area contributed by atoms with Crippen molar-refractivity contribution in [3.05, 3.63) is 59.7 Å². The summed E-state index contributed by atoms with van der Waals surface area (Å²) in [6.07, 6.45) is 1.42. The summed E-state index contributed by atoms with van der Waals surface area (Å²) in [6.45, 7) is 3.43. The van der Waals surface area contributed by atoms with Gasteiger partial charge in [-0.25, -0.2) is 4.79 Å². The van der Waals surface area contributed by atoms with Crippen LogP contribution < -0.4 is 10.6 Å². The number of benzene rings is 2. The lowest BCUT2D eigenvalue weighted by Crippen LogP contribution is -2.54. The third-order valence-corrected chi connectivity index (χ3v) is 6.26. The molecule has 176 valence electrons. The fraction of sp³-hybridized carbons (Fsp3) is 0.400. The summed E-state index contributed by atoms with van der Waals surface area (Å²) >= 11 is 1.56. The van der Waals surface area contributed by atoms with Gasteiger partial charge < -0.3 is 20.5 Å². The Kier molecular flexibility index (Phi) is 8.02. The zero-order chi connectivity index (χ0) is 24.0. The maximum absolute atomic E-state index is 12.8. The molecule has 3 rings (SSSR count). The number of nitrogens with one attached hydrogen (secondary N) is 2. The lowest BCUT2D eigenvalue weighted by Gasteiger charge is -2.27. The van der Waals surface area contributed by atoms with Crippen LogP contribution in [0.4, 0.5) is 4.79 Å². The lowest BCUT2D eigenvalue weighted by molar-refractivity contribution is -0.138. The molecular weight excluding hydrogens is 440 g/mol. The molecule has 0 saturated carbocycles. The van der Waals surface area contributed by atoms with Crippen LogP contribution in [0.25, 0.3) is 11.1 Å². The maximum atomic E-state index is 12.8. The van der Waals surface area contributed by atoms with Gasteiger partial charge in [-0.15, -0.1) is 0 Å². The third kappa shape index (κ3) is 6.28. The van der Waals surface area contributed by atoms with E-state index in [1.54, 1.807) is 25.6 Å². The number of thioether (sulfide) groups is 1. The van der Waals surface area contributed by atoms with Gasteiger partial charge in [-0.3, -0.25) is 9.59 Å². The van der Waals surface area contributed by atoms with E-state index in [4.69, 9.17) is 9.84 Å². The Morgan fingerprint density at radius 1 is 1.06 bits per heavy atom. The minimum Gasteiger partial charge on any atom is -0.481 e. The number of carbonyl (C=O) groups excluding carboxylic acids is 2. The summed E-state index contributed by atoms with van der Waals surface area (Å²) in [6, 6.07) is 15.3. The molecular formula is C25H30N2O5S. The number of rotatable bonds is 10. The number of carboxylic acids is 1. The molecule has 3 N–H and O–H groups in total. The monoisotopic (exact) mass is 470 g/mol. The molecule has 0 saturated heterocycles. The number of carboxylic acid groups (broad SMARTS) is 1. The molecule has 33 heavy (non-hydrogen) atoms. The molecule has 2 aromatic carbocycles. The van der Waals surface area contributed by atoms with Gasteiger partial charge in [0.25, 0.3) is 0 Å². The lowest BCUT2D eigenvalue weighted by atomic mass is 9.98. The summed E-state index contributed by atoms with van der Waals surface area (Å²) in [7, 11) is 0. The summed E-state index contributed by atoms with van der Waals surface area (Å²) in [5.41, 5.74) is 3.56. The number of amides is 2. The first-order chi connectivity index (χ1) is 15.7. The molecule has 1 atom stereocenters. The number of hydrogen-bond acceptors (Lipinski definition) is 5. The molecule has 0 fully saturated rings. The number of fused-ring (bicyclic) bond motifs is 3. The second-order valence-corrected chi connectivity index (χ2v) is 9.73. The van der Waals surface area contributed by atoms with E-state index in [0.717, 1.165) is 22.3 Å². The van der Waals surface area contributed by atoms with Crippen LogP contribution in [0.1, 0.15) is 43.7 Å². The number of carbonyl (C=O) groups is 3. The highest BCUT2D eigenvalue weighted by Crippen LogP contribution is 2.44. The van der Waals surface area contributed by atoms with Crippen LogP contribution >= 0.6 is 11.8 Å². The van der Waals surface area contributed by atoms with E-state index in [0.29, 0.717) is 12.2 Å². The molecule has 7 nitrogen and oxygen atoms in total. The van der Waals surface area contributed by atoms with Crippen molar-refractivity contribution in [2.75, 3.05) is 18.6 Å². The van der Waals surface area contributed by atoms with Crippen molar-refractivity contribution in [2.24, 2.45) is 0 Å². The van der Waals surface area contributed by atoms with Crippen molar-refractivity contribution in [3.8, 4) is 11.1 Å². The number of alkyl carbamates (subject to hydrolysis) is 1. The first kappa shape index (κ1) is 24.6. The molecule has 0 spiro atoms. The topological polar surface area (TPSA) is 105 Å². The second-order valence-electron chi connectivity index (χ2n) is 8.75. The SMILES string of the molecule is CSCC[C@@H](NC(=O)OCC1c2ccccc2-c2ccccc21)C(=O)NC(C)(C)CC(=O)O. The predicted molar refractivity (Wildman–Crippen MR) is 129 cm³/mol. The molecule has 0 radical (unpaired) electrons. The van der Waals surface area contributed by atoms with Gasteiger partial charge in [-0.1, -0.05) is 48.5 Å². The summed E-state index contributed by atoms with van der Waals surface area (Å²) in [5.74, 6) is -0.855. The average Bonchev–Trinajstić information content (AvgIpc) is 3.07. The Morgan fingerprint density at radius 3 is 2.18 bits per heavy atom. The van der Waals surface area contributed by atoms with E-state index < -0.39 is 29.6 Å². The molecule has 1 aliphatic carbocycles. The largest absolute Gasteiger partial charge is 0.481 e. The Labute approximate surface area is 198 Å². The van der Waals surface area contributed by atoms with E-state index in [-0.39, 0.29) is 18.9 Å². The van der Waals surface area contributed by atoms with Crippen molar-refractivity contribution in [1.29, 1.82) is 0 Å². The quantitative estimate of drug-likeness (QED) is 0.485. The van der Waals surface area contributed by atoms with Gasteiger partial charge in [-0.2, -0.15) is 11.8 Å². The molecule has 2 aromatic rings. The van der Waals surface area contributed by atoms with Crippen LogP contribution in [0.15, 0.2) is 48.5 Å². The Morgan fingerprint density at radius 2 is 1.64 bits per heavy atom. The van der Waals surface area contributed by atoms with Gasteiger partial charge in [0.15, 0.2) is 0 Å². The molecule has 1 aliphatic rings. The van der Waals surface area contributed by atoms with Crippen LogP contribution in [0.2, 0.25) is 0 Å². The van der Waals surface area contributed by atoms with Crippen LogP contribution in [0, 0.1) is 0 Å². The zero-order valence-corrected chi connectivity index (χ0v) is 19.9. The van der Waals surface area contributed by atoms with Crippen LogP contribution in [-0.4, -0.2) is 53.3 Å². The summed E-state index contributed by atoms with van der Waals surface area (Å²) in [5, 5.41) is 14.4. The Bertz CT molecular complexity index is 978. The fourth-order valence-corrected chi connectivity index (χ4v) is 4.60. The van der Waals surface area contributed by atoms with Crippen molar-refractivity contribution in [2.45, 2.75) is 44.2 Å². The fourth-order valence-electron chi connectivity index (χ4n) is 4.13. The maximum Gasteiger partial charge on any atom is 0.407 e. The molecule has 2 amide bonds. The van der Waals surface area contributed by atoms with Crippen molar-refractivity contribution >= 4 is 29.7 Å². The summed E-state index contributed by atoms with van der Waals surface area (Å²) < 4.78 is 5.56. The van der Waals surface area contributed by atoms with E-state index in [9.17, 15) is 14.4 Å². The van der Waals surface area contributed by atoms with Crippen LogP contribution in [-0.2, 0) is 14.3 Å². The molecule has 0 bridgehead atoms. The number of hydrogen-bond donors (Lipinski definition) is 3. The zero-order valence-electron chi connectivity index (χ0n) is 19.1. The van der Waals surface area contributed by atoms with E-state index in [2.05, 4.69) is 22.8 Å². The number of aliphatic carboxylic acids is 1. The Balaban J connectivity index is 1.65. The number of ether oxygens (including phenoxy) is 1. The highest BCUT2D eigenvalue weighted by Gasteiger charge is 2.31. The first-order valence-corrected chi connectivity index (χ1v) is 12.3.